The van der Waals surface area contributed by atoms with Crippen LogP contribution in [0.15, 0.2) is 30.3 Å². The molecule has 22 heavy (non-hydrogen) atoms. The van der Waals surface area contributed by atoms with Crippen LogP contribution in [-0.2, 0) is 16.0 Å². The second-order valence-corrected chi connectivity index (χ2v) is 6.01. The highest BCUT2D eigenvalue weighted by atomic mass is 16.4. The van der Waals surface area contributed by atoms with Crippen molar-refractivity contribution in [3.05, 3.63) is 35.9 Å². The van der Waals surface area contributed by atoms with Crippen molar-refractivity contribution in [1.29, 1.82) is 0 Å². The van der Waals surface area contributed by atoms with Gasteiger partial charge in [-0.15, -0.1) is 0 Å². The first kappa shape index (κ1) is 16.5. The van der Waals surface area contributed by atoms with E-state index < -0.39 is 5.97 Å². The van der Waals surface area contributed by atoms with Gasteiger partial charge in [0, 0.05) is 19.0 Å². The summed E-state index contributed by atoms with van der Waals surface area (Å²) in [6.45, 7) is 0.786. The number of nitrogens with zero attached hydrogens (tertiary/aromatic N) is 1. The van der Waals surface area contributed by atoms with Crippen molar-refractivity contribution in [1.82, 2.24) is 4.90 Å². The van der Waals surface area contributed by atoms with Gasteiger partial charge in [0.15, 0.2) is 0 Å². The number of aryl methyl sites for hydroxylation is 1. The van der Waals surface area contributed by atoms with E-state index in [1.54, 1.807) is 0 Å². The molecular weight excluding hydrogens is 278 g/mol. The summed E-state index contributed by atoms with van der Waals surface area (Å²) in [6.07, 6.45) is 6.43. The maximum atomic E-state index is 12.2. The zero-order chi connectivity index (χ0) is 15.8. The summed E-state index contributed by atoms with van der Waals surface area (Å²) in [5, 5.41) is 8.72. The molecule has 1 aromatic carbocycles. The molecule has 1 atom stereocenters. The van der Waals surface area contributed by atoms with E-state index >= 15 is 0 Å². The van der Waals surface area contributed by atoms with Gasteiger partial charge in [0.1, 0.15) is 0 Å². The van der Waals surface area contributed by atoms with Crippen molar-refractivity contribution in [2.24, 2.45) is 0 Å². The summed E-state index contributed by atoms with van der Waals surface area (Å²) in [4.78, 5) is 24.8. The van der Waals surface area contributed by atoms with E-state index in [2.05, 4.69) is 24.3 Å². The van der Waals surface area contributed by atoms with Gasteiger partial charge in [0.05, 0.1) is 6.42 Å². The molecule has 120 valence electrons. The van der Waals surface area contributed by atoms with Crippen LogP contribution in [0.4, 0.5) is 0 Å². The number of amides is 1. The Bertz CT molecular complexity index is 486. The van der Waals surface area contributed by atoms with E-state index in [1.807, 2.05) is 11.0 Å². The third-order valence-corrected chi connectivity index (χ3v) is 4.35. The summed E-state index contributed by atoms with van der Waals surface area (Å²) in [5.74, 6) is -0.891. The van der Waals surface area contributed by atoms with Crippen LogP contribution in [0, 0.1) is 0 Å². The number of rotatable bonds is 7. The van der Waals surface area contributed by atoms with Crippen LogP contribution >= 0.6 is 0 Å². The first-order valence-corrected chi connectivity index (χ1v) is 8.22. The van der Waals surface area contributed by atoms with E-state index in [9.17, 15) is 9.59 Å². The number of carbonyl (C=O) groups is 2. The van der Waals surface area contributed by atoms with Gasteiger partial charge in [0.2, 0.25) is 5.91 Å². The molecule has 1 aliphatic heterocycles. The first-order valence-electron chi connectivity index (χ1n) is 8.22. The standard InChI is InChI=1S/C18H25NO3/c20-17(12-13-18(21)22)19-14-5-4-10-16(19)11-6-9-15-7-2-1-3-8-15/h1-3,7-8,16H,4-6,9-14H2,(H,21,22). The Kier molecular flexibility index (Phi) is 6.44. The summed E-state index contributed by atoms with van der Waals surface area (Å²) >= 11 is 0. The predicted molar refractivity (Wildman–Crippen MR) is 85.6 cm³/mol. The minimum atomic E-state index is -0.897. The number of carboxylic acids is 1. The van der Waals surface area contributed by atoms with Crippen LogP contribution < -0.4 is 0 Å². The molecule has 4 nitrogen and oxygen atoms in total. The van der Waals surface area contributed by atoms with Crippen LogP contribution in [0.3, 0.4) is 0 Å². The van der Waals surface area contributed by atoms with Gasteiger partial charge >= 0.3 is 5.97 Å². The summed E-state index contributed by atoms with van der Waals surface area (Å²) in [7, 11) is 0. The third-order valence-electron chi connectivity index (χ3n) is 4.35. The molecule has 1 aromatic rings. The van der Waals surface area contributed by atoms with Gasteiger partial charge in [-0.25, -0.2) is 0 Å². The molecule has 0 aliphatic carbocycles. The molecule has 4 heteroatoms. The Morgan fingerprint density at radius 2 is 1.91 bits per heavy atom. The van der Waals surface area contributed by atoms with E-state index in [-0.39, 0.29) is 18.7 Å². The largest absolute Gasteiger partial charge is 0.481 e. The molecule has 1 N–H and O–H groups in total. The smallest absolute Gasteiger partial charge is 0.303 e. The van der Waals surface area contributed by atoms with Gasteiger partial charge in [0.25, 0.3) is 0 Å². The van der Waals surface area contributed by atoms with Gasteiger partial charge in [-0.3, -0.25) is 9.59 Å². The number of piperidine rings is 1. The summed E-state index contributed by atoms with van der Waals surface area (Å²) < 4.78 is 0. The van der Waals surface area contributed by atoms with Crippen molar-refractivity contribution in [3.8, 4) is 0 Å². The van der Waals surface area contributed by atoms with Gasteiger partial charge < -0.3 is 10.0 Å². The number of hydrogen-bond donors (Lipinski definition) is 1. The fourth-order valence-corrected chi connectivity index (χ4v) is 3.17. The number of benzene rings is 1. The molecule has 0 saturated carbocycles. The predicted octanol–water partition coefficient (Wildman–Crippen LogP) is 3.26. The molecule has 1 heterocycles. The van der Waals surface area contributed by atoms with E-state index in [0.717, 1.165) is 38.6 Å². The molecule has 0 bridgehead atoms. The van der Waals surface area contributed by atoms with Crippen LogP contribution in [0.25, 0.3) is 0 Å². The minimum Gasteiger partial charge on any atom is -0.481 e. The number of likely N-dealkylation sites (tertiary alicyclic amines) is 1. The molecule has 1 amide bonds. The summed E-state index contributed by atoms with van der Waals surface area (Å²) in [5.41, 5.74) is 1.34. The van der Waals surface area contributed by atoms with Crippen LogP contribution in [0.1, 0.15) is 50.5 Å². The number of aliphatic carboxylic acids is 1. The Morgan fingerprint density at radius 3 is 2.64 bits per heavy atom. The SMILES string of the molecule is O=C(O)CCC(=O)N1CCCCC1CCCc1ccccc1. The van der Waals surface area contributed by atoms with Crippen molar-refractivity contribution < 1.29 is 14.7 Å². The first-order chi connectivity index (χ1) is 10.7. The quantitative estimate of drug-likeness (QED) is 0.841. The highest BCUT2D eigenvalue weighted by molar-refractivity contribution is 5.81. The Morgan fingerprint density at radius 1 is 1.14 bits per heavy atom. The van der Waals surface area contributed by atoms with Crippen LogP contribution in [-0.4, -0.2) is 34.5 Å². The molecule has 1 aliphatic rings. The fraction of sp³-hybridized carbons (Fsp3) is 0.556. The molecule has 0 aromatic heterocycles. The van der Waals surface area contributed by atoms with E-state index in [1.165, 1.54) is 12.0 Å². The van der Waals surface area contributed by atoms with Crippen LogP contribution in [0.2, 0.25) is 0 Å². The highest BCUT2D eigenvalue weighted by Gasteiger charge is 2.26. The maximum absolute atomic E-state index is 12.2. The minimum absolute atomic E-state index is 0.00631. The van der Waals surface area contributed by atoms with Crippen molar-refractivity contribution in [2.45, 2.75) is 57.4 Å². The van der Waals surface area contributed by atoms with Crippen molar-refractivity contribution in [3.63, 3.8) is 0 Å². The summed E-state index contributed by atoms with van der Waals surface area (Å²) in [6, 6.07) is 10.7. The van der Waals surface area contributed by atoms with E-state index in [0.29, 0.717) is 6.04 Å². The second-order valence-electron chi connectivity index (χ2n) is 6.01. The zero-order valence-corrected chi connectivity index (χ0v) is 13.0. The van der Waals surface area contributed by atoms with Crippen molar-refractivity contribution in [2.75, 3.05) is 6.54 Å². The lowest BCUT2D eigenvalue weighted by Gasteiger charge is -2.36. The molecule has 0 spiro atoms. The second kappa shape index (κ2) is 8.57. The highest BCUT2D eigenvalue weighted by Crippen LogP contribution is 2.23. The van der Waals surface area contributed by atoms with Crippen LogP contribution in [0.5, 0.6) is 0 Å². The average Bonchev–Trinajstić information content (AvgIpc) is 2.54. The lowest BCUT2D eigenvalue weighted by atomic mass is 9.95. The monoisotopic (exact) mass is 303 g/mol. The molecule has 1 fully saturated rings. The van der Waals surface area contributed by atoms with Gasteiger partial charge in [-0.1, -0.05) is 30.3 Å². The van der Waals surface area contributed by atoms with Crippen molar-refractivity contribution >= 4 is 11.9 Å². The molecule has 1 saturated heterocycles. The zero-order valence-electron chi connectivity index (χ0n) is 13.0. The van der Waals surface area contributed by atoms with Gasteiger partial charge in [-0.2, -0.15) is 0 Å². The van der Waals surface area contributed by atoms with Gasteiger partial charge in [-0.05, 0) is 44.1 Å². The molecule has 2 rings (SSSR count). The van der Waals surface area contributed by atoms with E-state index in [4.69, 9.17) is 5.11 Å². The Hall–Kier alpha value is -1.84. The molecular formula is C18H25NO3. The maximum Gasteiger partial charge on any atom is 0.303 e. The average molecular weight is 303 g/mol. The fourth-order valence-electron chi connectivity index (χ4n) is 3.17. The normalized spacial score (nSPS) is 18.2. The third kappa shape index (κ3) is 5.17. The Labute approximate surface area is 132 Å². The number of carboxylic acid groups (broad SMARTS) is 1. The number of hydrogen-bond acceptors (Lipinski definition) is 2. The molecule has 1 unspecified atom stereocenters. The lowest BCUT2D eigenvalue weighted by Crippen LogP contribution is -2.43. The Balaban J connectivity index is 1.81. The topological polar surface area (TPSA) is 57.6 Å². The lowest BCUT2D eigenvalue weighted by molar-refractivity contribution is -0.142. The molecule has 0 radical (unpaired) electrons. The number of carbonyl (C=O) groups excluding carboxylic acids is 1.